The minimum absolute atomic E-state index is 0.0673. The molecule has 3 nitrogen and oxygen atoms in total. The van der Waals surface area contributed by atoms with E-state index in [1.165, 1.54) is 19.3 Å². The maximum atomic E-state index is 12.3. The number of likely N-dealkylation sites (tertiary alicyclic amines) is 1. The molecule has 1 amide bonds. The van der Waals surface area contributed by atoms with Crippen LogP contribution in [-0.4, -0.2) is 37.5 Å². The van der Waals surface area contributed by atoms with Crippen molar-refractivity contribution >= 4 is 5.91 Å². The summed E-state index contributed by atoms with van der Waals surface area (Å²) in [6.45, 7) is 5.26. The Morgan fingerprint density at radius 1 is 1.35 bits per heavy atom. The average molecular weight is 238 g/mol. The second-order valence-electron chi connectivity index (χ2n) is 5.76. The van der Waals surface area contributed by atoms with Gasteiger partial charge in [-0.3, -0.25) is 4.79 Å². The van der Waals surface area contributed by atoms with Gasteiger partial charge in [-0.15, -0.1) is 0 Å². The van der Waals surface area contributed by atoms with E-state index in [1.54, 1.807) is 0 Å². The Balaban J connectivity index is 1.77. The standard InChI is InChI=1S/C14H26N2O/c1-3-14(7-8-14)13(17)16-10-5-12(6-11-16)4-9-15-2/h12,15H,3-11H2,1-2H3. The van der Waals surface area contributed by atoms with Crippen LogP contribution in [0.15, 0.2) is 0 Å². The van der Waals surface area contributed by atoms with Crippen molar-refractivity contribution in [2.45, 2.75) is 45.4 Å². The van der Waals surface area contributed by atoms with Crippen LogP contribution in [0.2, 0.25) is 0 Å². The largest absolute Gasteiger partial charge is 0.342 e. The number of hydrogen-bond donors (Lipinski definition) is 1. The van der Waals surface area contributed by atoms with Gasteiger partial charge in [0, 0.05) is 18.5 Å². The topological polar surface area (TPSA) is 32.3 Å². The van der Waals surface area contributed by atoms with E-state index in [4.69, 9.17) is 0 Å². The highest BCUT2D eigenvalue weighted by Gasteiger charge is 2.50. The maximum absolute atomic E-state index is 12.3. The summed E-state index contributed by atoms with van der Waals surface area (Å²) in [6.07, 6.45) is 6.95. The molecule has 2 rings (SSSR count). The molecule has 1 heterocycles. The van der Waals surface area contributed by atoms with E-state index >= 15 is 0 Å². The van der Waals surface area contributed by atoms with Crippen LogP contribution in [-0.2, 0) is 4.79 Å². The number of hydrogen-bond acceptors (Lipinski definition) is 2. The van der Waals surface area contributed by atoms with Crippen LogP contribution >= 0.6 is 0 Å². The predicted molar refractivity (Wildman–Crippen MR) is 69.8 cm³/mol. The van der Waals surface area contributed by atoms with Gasteiger partial charge in [-0.05, 0) is 58.0 Å². The van der Waals surface area contributed by atoms with E-state index in [0.717, 1.165) is 44.8 Å². The number of rotatable bonds is 5. The summed E-state index contributed by atoms with van der Waals surface area (Å²) in [5.74, 6) is 1.27. The lowest BCUT2D eigenvalue weighted by Gasteiger charge is -2.34. The van der Waals surface area contributed by atoms with E-state index in [2.05, 4.69) is 17.1 Å². The fourth-order valence-corrected chi connectivity index (χ4v) is 2.98. The SMILES string of the molecule is CCC1(C(=O)N2CCC(CCNC)CC2)CC1. The molecule has 0 aromatic heterocycles. The van der Waals surface area contributed by atoms with Gasteiger partial charge < -0.3 is 10.2 Å². The summed E-state index contributed by atoms with van der Waals surface area (Å²) in [5, 5.41) is 3.21. The number of carbonyl (C=O) groups is 1. The van der Waals surface area contributed by atoms with Crippen LogP contribution < -0.4 is 5.32 Å². The Hall–Kier alpha value is -0.570. The van der Waals surface area contributed by atoms with Crippen LogP contribution in [0, 0.1) is 11.3 Å². The molecular weight excluding hydrogens is 212 g/mol. The first-order valence-electron chi connectivity index (χ1n) is 7.16. The van der Waals surface area contributed by atoms with Crippen molar-refractivity contribution in [3.63, 3.8) is 0 Å². The van der Waals surface area contributed by atoms with Crippen molar-refractivity contribution < 1.29 is 4.79 Å². The van der Waals surface area contributed by atoms with Crippen molar-refractivity contribution in [3.05, 3.63) is 0 Å². The van der Waals surface area contributed by atoms with Crippen LogP contribution in [0.5, 0.6) is 0 Å². The first-order valence-corrected chi connectivity index (χ1v) is 7.16. The summed E-state index contributed by atoms with van der Waals surface area (Å²) in [5.41, 5.74) is 0.0673. The molecular formula is C14H26N2O. The highest BCUT2D eigenvalue weighted by molar-refractivity contribution is 5.85. The molecule has 1 saturated carbocycles. The van der Waals surface area contributed by atoms with Crippen molar-refractivity contribution in [3.8, 4) is 0 Å². The second kappa shape index (κ2) is 5.38. The summed E-state index contributed by atoms with van der Waals surface area (Å²) in [7, 11) is 2.01. The molecule has 2 fully saturated rings. The monoisotopic (exact) mass is 238 g/mol. The Morgan fingerprint density at radius 3 is 2.47 bits per heavy atom. The highest BCUT2D eigenvalue weighted by atomic mass is 16.2. The van der Waals surface area contributed by atoms with E-state index in [0.29, 0.717) is 5.91 Å². The molecule has 98 valence electrons. The maximum Gasteiger partial charge on any atom is 0.228 e. The van der Waals surface area contributed by atoms with Gasteiger partial charge in [-0.1, -0.05) is 6.92 Å². The van der Waals surface area contributed by atoms with Gasteiger partial charge in [0.15, 0.2) is 0 Å². The fourth-order valence-electron chi connectivity index (χ4n) is 2.98. The number of amides is 1. The molecule has 0 spiro atoms. The van der Waals surface area contributed by atoms with Gasteiger partial charge in [0.1, 0.15) is 0 Å². The molecule has 0 unspecified atom stereocenters. The molecule has 3 heteroatoms. The zero-order valence-electron chi connectivity index (χ0n) is 11.3. The number of piperidine rings is 1. The van der Waals surface area contributed by atoms with Crippen LogP contribution in [0.4, 0.5) is 0 Å². The van der Waals surface area contributed by atoms with Gasteiger partial charge in [-0.2, -0.15) is 0 Å². The lowest BCUT2D eigenvalue weighted by molar-refractivity contribution is -0.138. The molecule has 1 saturated heterocycles. The molecule has 0 aromatic rings. The molecule has 0 atom stereocenters. The van der Waals surface area contributed by atoms with Crippen LogP contribution in [0.25, 0.3) is 0 Å². The Kier molecular flexibility index (Phi) is 4.08. The van der Waals surface area contributed by atoms with Crippen molar-refractivity contribution in [1.82, 2.24) is 10.2 Å². The van der Waals surface area contributed by atoms with Crippen LogP contribution in [0.1, 0.15) is 45.4 Å². The van der Waals surface area contributed by atoms with Gasteiger partial charge >= 0.3 is 0 Å². The molecule has 2 aliphatic rings. The normalized spacial score (nSPS) is 23.8. The number of carbonyl (C=O) groups excluding carboxylic acids is 1. The quantitative estimate of drug-likeness (QED) is 0.795. The minimum Gasteiger partial charge on any atom is -0.342 e. The summed E-state index contributed by atoms with van der Waals surface area (Å²) in [4.78, 5) is 14.5. The van der Waals surface area contributed by atoms with Crippen LogP contribution in [0.3, 0.4) is 0 Å². The zero-order valence-corrected chi connectivity index (χ0v) is 11.3. The summed E-state index contributed by atoms with van der Waals surface area (Å²) in [6, 6.07) is 0. The minimum atomic E-state index is 0.0673. The molecule has 17 heavy (non-hydrogen) atoms. The predicted octanol–water partition coefficient (Wildman–Crippen LogP) is 2.02. The van der Waals surface area contributed by atoms with Gasteiger partial charge in [0.25, 0.3) is 0 Å². The fraction of sp³-hybridized carbons (Fsp3) is 0.929. The van der Waals surface area contributed by atoms with Crippen molar-refractivity contribution in [1.29, 1.82) is 0 Å². The van der Waals surface area contributed by atoms with Gasteiger partial charge in [0.2, 0.25) is 5.91 Å². The van der Waals surface area contributed by atoms with Gasteiger partial charge in [0.05, 0.1) is 0 Å². The lowest BCUT2D eigenvalue weighted by atomic mass is 9.92. The average Bonchev–Trinajstić information content (AvgIpc) is 3.17. The number of nitrogens with one attached hydrogen (secondary N) is 1. The van der Waals surface area contributed by atoms with E-state index in [9.17, 15) is 4.79 Å². The Morgan fingerprint density at radius 2 is 2.00 bits per heavy atom. The highest BCUT2D eigenvalue weighted by Crippen LogP contribution is 2.50. The summed E-state index contributed by atoms with van der Waals surface area (Å²) >= 11 is 0. The van der Waals surface area contributed by atoms with Gasteiger partial charge in [-0.25, -0.2) is 0 Å². The third kappa shape index (κ3) is 2.82. The molecule has 0 bridgehead atoms. The zero-order chi connectivity index (χ0) is 12.3. The van der Waals surface area contributed by atoms with E-state index < -0.39 is 0 Å². The molecule has 0 radical (unpaired) electrons. The summed E-state index contributed by atoms with van der Waals surface area (Å²) < 4.78 is 0. The third-order valence-corrected chi connectivity index (χ3v) is 4.69. The number of nitrogens with zero attached hydrogens (tertiary/aromatic N) is 1. The molecule has 1 N–H and O–H groups in total. The molecule has 0 aromatic carbocycles. The first kappa shape index (κ1) is 12.9. The smallest absolute Gasteiger partial charge is 0.228 e. The second-order valence-corrected chi connectivity index (χ2v) is 5.76. The third-order valence-electron chi connectivity index (χ3n) is 4.69. The van der Waals surface area contributed by atoms with E-state index in [-0.39, 0.29) is 5.41 Å². The molecule has 1 aliphatic carbocycles. The Bertz CT molecular complexity index is 265. The first-order chi connectivity index (χ1) is 8.22. The Labute approximate surface area is 105 Å². The lowest BCUT2D eigenvalue weighted by Crippen LogP contribution is -2.42. The van der Waals surface area contributed by atoms with Crippen molar-refractivity contribution in [2.24, 2.45) is 11.3 Å². The van der Waals surface area contributed by atoms with E-state index in [1.807, 2.05) is 7.05 Å². The van der Waals surface area contributed by atoms with Crippen molar-refractivity contribution in [2.75, 3.05) is 26.7 Å². The molecule has 1 aliphatic heterocycles.